The van der Waals surface area contributed by atoms with Crippen LogP contribution >= 0.6 is 0 Å². The lowest BCUT2D eigenvalue weighted by molar-refractivity contribution is 1.03. The van der Waals surface area contributed by atoms with Crippen molar-refractivity contribution in [3.8, 4) is 0 Å². The Balaban J connectivity index is 3.00. The minimum Gasteiger partial charge on any atom is -0.258 e. The highest BCUT2D eigenvalue weighted by atomic mass is 15.1. The third-order valence-electron chi connectivity index (χ3n) is 0.436. The smallest absolute Gasteiger partial charge is 0.0426 e. The van der Waals surface area contributed by atoms with Gasteiger partial charge in [0.1, 0.15) is 0 Å². The van der Waals surface area contributed by atoms with E-state index >= 15 is 0 Å². The van der Waals surface area contributed by atoms with Crippen LogP contribution in [0.5, 0.6) is 0 Å². The molecule has 0 radical (unpaired) electrons. The van der Waals surface area contributed by atoms with E-state index < -0.39 is 0 Å². The molecule has 1 heterocycles. The van der Waals surface area contributed by atoms with Gasteiger partial charge >= 0.3 is 0 Å². The van der Waals surface area contributed by atoms with Crippen molar-refractivity contribution >= 4 is 0 Å². The molecule has 0 N–H and O–H groups in total. The van der Waals surface area contributed by atoms with Crippen LogP contribution in [0.25, 0.3) is 0 Å². The van der Waals surface area contributed by atoms with Crippen LogP contribution in [0.2, 0.25) is 0 Å². The summed E-state index contributed by atoms with van der Waals surface area (Å²) in [6, 6.07) is 4.42. The maximum atomic E-state index is 3.50. The van der Waals surface area contributed by atoms with E-state index in [9.17, 15) is 0 Å². The minimum absolute atomic E-state index is 1.51. The van der Waals surface area contributed by atoms with Gasteiger partial charge in [0.2, 0.25) is 0 Å². The average molecular weight is 79.1 g/mol. The van der Waals surface area contributed by atoms with Gasteiger partial charge in [-0.2, -0.15) is 5.10 Å². The Hall–Kier alpha value is -0.920. The monoisotopic (exact) mass is 79.0 g/mol. The Morgan fingerprint density at radius 1 is 1.33 bits per heavy atom. The molecule has 0 saturated carbocycles. The van der Waals surface area contributed by atoms with Crippen molar-refractivity contribution in [1.82, 2.24) is 10.2 Å². The van der Waals surface area contributed by atoms with E-state index in [0.29, 0.717) is 0 Å². The zero-order valence-corrected chi connectivity index (χ0v) is 3.13. The average Bonchev–Trinajstić information content (AvgIpc) is 1.72. The molecule has 1 aromatic rings. The summed E-state index contributed by atoms with van der Waals surface area (Å²) in [6.45, 7) is 0. The van der Waals surface area contributed by atoms with E-state index in [1.807, 2.05) is 0 Å². The van der Waals surface area contributed by atoms with Crippen molar-refractivity contribution in [3.05, 3.63) is 24.5 Å². The van der Waals surface area contributed by atoms with E-state index in [-0.39, 0.29) is 0 Å². The second-order valence-electron chi connectivity index (χ2n) is 0.842. The van der Waals surface area contributed by atoms with Gasteiger partial charge in [0, 0.05) is 0 Å². The molecule has 0 saturated heterocycles. The van der Waals surface area contributed by atoms with Gasteiger partial charge < -0.3 is 0 Å². The van der Waals surface area contributed by atoms with Crippen molar-refractivity contribution in [1.29, 1.82) is 0 Å². The fourth-order valence-corrected chi connectivity index (χ4v) is 0.225. The normalized spacial score (nSPS) is 8.00. The molecule has 1 aromatic heterocycles. The van der Waals surface area contributed by atoms with E-state index in [2.05, 4.69) is 16.3 Å². The Kier molecular flexibility index (Phi) is 0.819. The summed E-state index contributed by atoms with van der Waals surface area (Å²) in [4.78, 5) is 0. The molecule has 0 aromatic carbocycles. The quantitative estimate of drug-likeness (QED) is 0.417. The van der Waals surface area contributed by atoms with Crippen molar-refractivity contribution in [2.24, 2.45) is 0 Å². The fourth-order valence-electron chi connectivity index (χ4n) is 0.225. The number of rotatable bonds is 0. The van der Waals surface area contributed by atoms with Crippen LogP contribution in [0, 0.1) is 6.07 Å². The topological polar surface area (TPSA) is 25.8 Å². The summed E-state index contributed by atoms with van der Waals surface area (Å²) in [5.74, 6) is 0. The van der Waals surface area contributed by atoms with Gasteiger partial charge in [0.25, 0.3) is 0 Å². The zero-order chi connectivity index (χ0) is 4.24. The molecule has 0 aliphatic heterocycles. The summed E-state index contributed by atoms with van der Waals surface area (Å²) in [5, 5.41) is 6.98. The van der Waals surface area contributed by atoms with Crippen LogP contribution < -0.4 is 0 Å². The van der Waals surface area contributed by atoms with Crippen LogP contribution in [-0.2, 0) is 0 Å². The third-order valence-corrected chi connectivity index (χ3v) is 0.436. The molecule has 0 aliphatic rings. The molecule has 1 rings (SSSR count). The molecule has 0 aliphatic carbocycles. The van der Waals surface area contributed by atoms with E-state index in [1.165, 1.54) is 6.20 Å². The molecule has 0 amide bonds. The molecule has 30 valence electrons. The van der Waals surface area contributed by atoms with Gasteiger partial charge in [-0.05, 0) is 6.20 Å². The van der Waals surface area contributed by atoms with Crippen molar-refractivity contribution in [3.63, 3.8) is 0 Å². The molecule has 0 unspecified atom stereocenters. The zero-order valence-electron chi connectivity index (χ0n) is 3.13. The molecule has 0 bridgehead atoms. The molecule has 6 heavy (non-hydrogen) atoms. The van der Waals surface area contributed by atoms with Gasteiger partial charge in [-0.1, -0.05) is 0 Å². The SMILES string of the molecule is [c-]1ccnnc1. The van der Waals surface area contributed by atoms with E-state index in [1.54, 1.807) is 12.3 Å². The van der Waals surface area contributed by atoms with E-state index in [4.69, 9.17) is 0 Å². The number of aromatic nitrogens is 2. The van der Waals surface area contributed by atoms with Crippen LogP contribution in [-0.4, -0.2) is 10.2 Å². The van der Waals surface area contributed by atoms with Crippen molar-refractivity contribution in [2.75, 3.05) is 0 Å². The standard InChI is InChI=1S/C4H3N2/c1-2-4-6-5-3-1/h1,3-4H/q-1. The first-order valence-electron chi connectivity index (χ1n) is 1.63. The van der Waals surface area contributed by atoms with E-state index in [0.717, 1.165) is 0 Å². The second-order valence-corrected chi connectivity index (χ2v) is 0.842. The Morgan fingerprint density at radius 3 is 2.50 bits per heavy atom. The highest BCUT2D eigenvalue weighted by Gasteiger charge is 1.47. The first-order valence-corrected chi connectivity index (χ1v) is 1.63. The van der Waals surface area contributed by atoms with Gasteiger partial charge in [0.05, 0.1) is 0 Å². The van der Waals surface area contributed by atoms with Crippen molar-refractivity contribution < 1.29 is 0 Å². The molecule has 0 atom stereocenters. The summed E-state index contributed by atoms with van der Waals surface area (Å²) in [7, 11) is 0. The molecule has 0 fully saturated rings. The Morgan fingerprint density at radius 2 is 2.33 bits per heavy atom. The highest BCUT2D eigenvalue weighted by molar-refractivity contribution is 4.76. The van der Waals surface area contributed by atoms with Gasteiger partial charge in [-0.3, -0.25) is 5.10 Å². The first-order chi connectivity index (χ1) is 3.00. The first kappa shape index (κ1) is 3.28. The Labute approximate surface area is 35.8 Å². The molecule has 0 spiro atoms. The summed E-state index contributed by atoms with van der Waals surface area (Å²) >= 11 is 0. The van der Waals surface area contributed by atoms with Crippen LogP contribution in [0.3, 0.4) is 0 Å². The molecular weight excluding hydrogens is 76.1 g/mol. The third kappa shape index (κ3) is 0.516. The lowest BCUT2D eigenvalue weighted by Crippen LogP contribution is -1.70. The maximum Gasteiger partial charge on any atom is -0.0426 e. The predicted octanol–water partition coefficient (Wildman–Crippen LogP) is 0.277. The Bertz CT molecular complexity index is 77.5. The van der Waals surface area contributed by atoms with Crippen LogP contribution in [0.4, 0.5) is 0 Å². The lowest BCUT2D eigenvalue weighted by Gasteiger charge is -1.81. The maximum absolute atomic E-state index is 3.50. The predicted molar refractivity (Wildman–Crippen MR) is 20.9 cm³/mol. The molecular formula is C4H3N2-. The van der Waals surface area contributed by atoms with Crippen molar-refractivity contribution in [2.45, 2.75) is 0 Å². The molecule has 2 heteroatoms. The second kappa shape index (κ2) is 1.50. The largest absolute Gasteiger partial charge is 0.258 e. The summed E-state index contributed by atoms with van der Waals surface area (Å²) < 4.78 is 0. The fraction of sp³-hybridized carbons (Fsp3) is 0. The van der Waals surface area contributed by atoms with Gasteiger partial charge in [-0.15, -0.1) is 6.20 Å². The number of hydrogen-bond donors (Lipinski definition) is 0. The number of hydrogen-bond acceptors (Lipinski definition) is 2. The highest BCUT2D eigenvalue weighted by Crippen LogP contribution is 1.66. The van der Waals surface area contributed by atoms with Gasteiger partial charge in [-0.25, -0.2) is 12.1 Å². The van der Waals surface area contributed by atoms with Crippen LogP contribution in [0.1, 0.15) is 0 Å². The lowest BCUT2D eigenvalue weighted by atomic mass is 10.6. The van der Waals surface area contributed by atoms with Gasteiger partial charge in [0.15, 0.2) is 0 Å². The number of nitrogens with zero attached hydrogens (tertiary/aromatic N) is 2. The summed E-state index contributed by atoms with van der Waals surface area (Å²) in [5.41, 5.74) is 0. The summed E-state index contributed by atoms with van der Waals surface area (Å²) in [6.07, 6.45) is 3.10. The van der Waals surface area contributed by atoms with Crippen LogP contribution in [0.15, 0.2) is 18.5 Å². The minimum atomic E-state index is 1.51. The molecule has 2 nitrogen and oxygen atoms in total.